The molecule has 0 aromatic carbocycles. The first kappa shape index (κ1) is 17.9. The number of rotatable bonds is 0. The van der Waals surface area contributed by atoms with Crippen LogP contribution in [0.5, 0.6) is 0 Å². The van der Waals surface area contributed by atoms with Crippen molar-refractivity contribution in [1.29, 1.82) is 0 Å². The van der Waals surface area contributed by atoms with Crippen molar-refractivity contribution in [3.8, 4) is 0 Å². The summed E-state index contributed by atoms with van der Waals surface area (Å²) in [6.45, 7) is 6.75. The van der Waals surface area contributed by atoms with Gasteiger partial charge in [0.15, 0.2) is 0 Å². The molecule has 34 valence electrons. The van der Waals surface area contributed by atoms with Crippen molar-refractivity contribution in [2.45, 2.75) is 6.42 Å². The molecule has 0 aliphatic rings. The van der Waals surface area contributed by atoms with E-state index in [0.717, 1.165) is 6.42 Å². The standard InChI is InChI=1S/C3H6.Fe.H3N/c1-3-2;;/h1-3H2;;1H3/q-2;+2;. The van der Waals surface area contributed by atoms with Gasteiger partial charge in [-0.1, -0.05) is 0 Å². The molecule has 0 rings (SSSR count). The van der Waals surface area contributed by atoms with Crippen LogP contribution >= 0.6 is 0 Å². The quantitative estimate of drug-likeness (QED) is 0.373. The Hall–Kier alpha value is 0.479. The summed E-state index contributed by atoms with van der Waals surface area (Å²) in [5.41, 5.74) is 0. The zero-order valence-corrected chi connectivity index (χ0v) is 4.29. The molecule has 0 unspecified atom stereocenters. The Morgan fingerprint density at radius 1 is 1.20 bits per heavy atom. The smallest absolute Gasteiger partial charge is 0.372 e. The number of hydrogen-bond donors (Lipinski definition) is 1. The predicted octanol–water partition coefficient (Wildman–Crippen LogP) is 1.20. The molecule has 0 atom stereocenters. The molecule has 0 spiro atoms. The van der Waals surface area contributed by atoms with Crippen molar-refractivity contribution in [2.24, 2.45) is 0 Å². The van der Waals surface area contributed by atoms with Crippen molar-refractivity contribution < 1.29 is 17.1 Å². The zero-order valence-electron chi connectivity index (χ0n) is 3.18. The minimum absolute atomic E-state index is 0. The van der Waals surface area contributed by atoms with Gasteiger partial charge in [0.1, 0.15) is 0 Å². The van der Waals surface area contributed by atoms with Gasteiger partial charge in [0.25, 0.3) is 0 Å². The molecule has 0 aliphatic heterocycles. The summed E-state index contributed by atoms with van der Waals surface area (Å²) in [7, 11) is 0. The Bertz CT molecular complexity index is 6.85. The molecule has 0 saturated heterocycles. The molecule has 0 fully saturated rings. The molecule has 0 aromatic rings. The van der Waals surface area contributed by atoms with E-state index < -0.39 is 0 Å². The van der Waals surface area contributed by atoms with E-state index in [4.69, 9.17) is 0 Å². The maximum Gasteiger partial charge on any atom is 2.00 e. The SMILES string of the molecule is N.[CH2-]C[CH2-].[Fe+2]. The van der Waals surface area contributed by atoms with Gasteiger partial charge in [-0.15, -0.1) is 0 Å². The van der Waals surface area contributed by atoms with Gasteiger partial charge in [0.05, 0.1) is 0 Å². The summed E-state index contributed by atoms with van der Waals surface area (Å²) >= 11 is 0. The summed E-state index contributed by atoms with van der Waals surface area (Å²) in [5.74, 6) is 0. The molecule has 0 radical (unpaired) electrons. The molecular formula is C3H9FeN. The maximum absolute atomic E-state index is 3.38. The molecule has 3 N–H and O–H groups in total. The van der Waals surface area contributed by atoms with Gasteiger partial charge in [-0.3, -0.25) is 0 Å². The van der Waals surface area contributed by atoms with Gasteiger partial charge in [0.2, 0.25) is 0 Å². The maximum atomic E-state index is 3.38. The second kappa shape index (κ2) is 24.8. The van der Waals surface area contributed by atoms with E-state index in [1.54, 1.807) is 0 Å². The van der Waals surface area contributed by atoms with E-state index in [1.165, 1.54) is 0 Å². The first-order valence-corrected chi connectivity index (χ1v) is 1.000. The molecule has 0 heterocycles. The first-order valence-electron chi connectivity index (χ1n) is 1.000. The van der Waals surface area contributed by atoms with Crippen molar-refractivity contribution in [1.82, 2.24) is 6.15 Å². The predicted molar refractivity (Wildman–Crippen MR) is 20.4 cm³/mol. The van der Waals surface area contributed by atoms with Crippen LogP contribution in [0.25, 0.3) is 0 Å². The third kappa shape index (κ3) is 120. The second-order valence-corrected chi connectivity index (χ2v) is 0.354. The topological polar surface area (TPSA) is 35.0 Å². The minimum Gasteiger partial charge on any atom is -0.372 e. The van der Waals surface area contributed by atoms with Crippen molar-refractivity contribution in [3.05, 3.63) is 13.8 Å². The van der Waals surface area contributed by atoms with Gasteiger partial charge >= 0.3 is 17.1 Å². The van der Waals surface area contributed by atoms with Crippen LogP contribution in [0.15, 0.2) is 0 Å². The average molecular weight is 115 g/mol. The second-order valence-electron chi connectivity index (χ2n) is 0.354. The summed E-state index contributed by atoms with van der Waals surface area (Å²) in [5, 5.41) is 0. The Kier molecular flexibility index (Phi) is 88.6. The third-order valence-electron chi connectivity index (χ3n) is 0. The molecule has 1 nitrogen and oxygen atoms in total. The molecule has 0 amide bonds. The summed E-state index contributed by atoms with van der Waals surface area (Å²) in [4.78, 5) is 0. The fourth-order valence-electron chi connectivity index (χ4n) is 0. The van der Waals surface area contributed by atoms with Crippen molar-refractivity contribution in [3.63, 3.8) is 0 Å². The molecule has 0 saturated carbocycles. The van der Waals surface area contributed by atoms with Crippen LogP contribution in [-0.4, -0.2) is 0 Å². The Balaban J connectivity index is -0.0000000200. The van der Waals surface area contributed by atoms with Crippen LogP contribution in [0, 0.1) is 13.8 Å². The molecule has 0 bridgehead atoms. The molecular weight excluding hydrogens is 106 g/mol. The van der Waals surface area contributed by atoms with Gasteiger partial charge in [-0.05, 0) is 0 Å². The van der Waals surface area contributed by atoms with E-state index >= 15 is 0 Å². The summed E-state index contributed by atoms with van der Waals surface area (Å²) < 4.78 is 0. The summed E-state index contributed by atoms with van der Waals surface area (Å²) in [6, 6.07) is 0. The van der Waals surface area contributed by atoms with Gasteiger partial charge in [-0.2, -0.15) is 0 Å². The van der Waals surface area contributed by atoms with Crippen molar-refractivity contribution >= 4 is 0 Å². The van der Waals surface area contributed by atoms with E-state index in [9.17, 15) is 0 Å². The van der Waals surface area contributed by atoms with Crippen LogP contribution in [-0.2, 0) is 17.1 Å². The molecule has 0 aliphatic carbocycles. The van der Waals surface area contributed by atoms with E-state index in [-0.39, 0.29) is 23.2 Å². The third-order valence-corrected chi connectivity index (χ3v) is 0. The van der Waals surface area contributed by atoms with Gasteiger partial charge in [-0.25, -0.2) is 0 Å². The van der Waals surface area contributed by atoms with Crippen LogP contribution in [0.4, 0.5) is 0 Å². The largest absolute Gasteiger partial charge is 2.00 e. The number of hydrogen-bond acceptors (Lipinski definition) is 1. The fourth-order valence-corrected chi connectivity index (χ4v) is 0. The Labute approximate surface area is 44.2 Å². The van der Waals surface area contributed by atoms with E-state index in [1.807, 2.05) is 0 Å². The monoisotopic (exact) mass is 115 g/mol. The summed E-state index contributed by atoms with van der Waals surface area (Å²) in [6.07, 6.45) is 0.750. The van der Waals surface area contributed by atoms with Crippen LogP contribution in [0.3, 0.4) is 0 Å². The average Bonchev–Trinajstić information content (AvgIpc) is 0.918. The fraction of sp³-hybridized carbons (Fsp3) is 0.333. The van der Waals surface area contributed by atoms with Crippen LogP contribution in [0.2, 0.25) is 0 Å². The van der Waals surface area contributed by atoms with E-state index in [2.05, 4.69) is 13.8 Å². The molecule has 2 heteroatoms. The Morgan fingerprint density at radius 2 is 1.20 bits per heavy atom. The van der Waals surface area contributed by atoms with Gasteiger partial charge in [0, 0.05) is 0 Å². The van der Waals surface area contributed by atoms with Crippen molar-refractivity contribution in [2.75, 3.05) is 0 Å². The molecule has 0 aromatic heterocycles. The minimum atomic E-state index is 0. The Morgan fingerprint density at radius 3 is 1.20 bits per heavy atom. The molecule has 5 heavy (non-hydrogen) atoms. The van der Waals surface area contributed by atoms with Crippen LogP contribution < -0.4 is 6.15 Å². The zero-order chi connectivity index (χ0) is 2.71. The normalized spacial score (nSPS) is 3.60. The van der Waals surface area contributed by atoms with Gasteiger partial charge < -0.3 is 26.4 Å². The van der Waals surface area contributed by atoms with E-state index in [0.29, 0.717) is 0 Å². The first-order chi connectivity index (χ1) is 1.41. The van der Waals surface area contributed by atoms with Crippen LogP contribution in [0.1, 0.15) is 6.42 Å².